The van der Waals surface area contributed by atoms with Gasteiger partial charge in [-0.25, -0.2) is 9.97 Å². The van der Waals surface area contributed by atoms with Gasteiger partial charge in [-0.1, -0.05) is 72.3 Å². The molecule has 1 aliphatic heterocycles. The van der Waals surface area contributed by atoms with Gasteiger partial charge in [0.05, 0.1) is 11.5 Å². The van der Waals surface area contributed by atoms with Crippen molar-refractivity contribution in [1.82, 2.24) is 20.3 Å². The number of ether oxygens (including phenoxy) is 1. The number of H-pyrrole nitrogens is 1. The molecule has 1 fully saturated rings. The number of hydrogen-bond acceptors (Lipinski definition) is 4. The Hall–Kier alpha value is -2.73. The second-order valence-corrected chi connectivity index (χ2v) is 8.31. The summed E-state index contributed by atoms with van der Waals surface area (Å²) in [6.07, 6.45) is 2.96. The summed E-state index contributed by atoms with van der Waals surface area (Å²) in [4.78, 5) is 12.8. The molecular formula is C25H25ClN4O. The highest BCUT2D eigenvalue weighted by Crippen LogP contribution is 2.31. The molecule has 5 nitrogen and oxygen atoms in total. The number of piperidine rings is 1. The van der Waals surface area contributed by atoms with Gasteiger partial charge in [0, 0.05) is 17.7 Å². The maximum absolute atomic E-state index is 6.60. The Morgan fingerprint density at radius 3 is 2.42 bits per heavy atom. The van der Waals surface area contributed by atoms with Crippen LogP contribution in [0.1, 0.15) is 30.2 Å². The first-order valence-corrected chi connectivity index (χ1v) is 11.2. The van der Waals surface area contributed by atoms with Crippen LogP contribution >= 0.6 is 11.6 Å². The Bertz CT molecular complexity index is 1140. The first-order chi connectivity index (χ1) is 15.3. The molecule has 2 N–H and O–H groups in total. The van der Waals surface area contributed by atoms with E-state index in [0.717, 1.165) is 54.6 Å². The molecule has 158 valence electrons. The summed E-state index contributed by atoms with van der Waals surface area (Å²) in [5.41, 5.74) is 3.90. The van der Waals surface area contributed by atoms with Crippen LogP contribution in [0.2, 0.25) is 5.15 Å². The smallest absolute Gasteiger partial charge is 0.163 e. The standard InChI is InChI=1S/C25H25ClN4O/c26-23-20-16-21(28-25(20)30-24(29-23)18-9-5-2-6-10-18)22(15-17-7-3-1-4-8-17)31-19-11-13-27-14-12-19/h1-10,16,19,22,27H,11-15H2,(H,28,29,30). The molecule has 0 amide bonds. The van der Waals surface area contributed by atoms with E-state index in [-0.39, 0.29) is 12.2 Å². The molecule has 0 bridgehead atoms. The number of aromatic amines is 1. The number of benzene rings is 2. The van der Waals surface area contributed by atoms with Crippen LogP contribution in [0.5, 0.6) is 0 Å². The average molecular weight is 433 g/mol. The van der Waals surface area contributed by atoms with E-state index in [1.807, 2.05) is 42.5 Å². The molecular weight excluding hydrogens is 408 g/mol. The number of nitrogens with one attached hydrogen (secondary N) is 2. The maximum Gasteiger partial charge on any atom is 0.163 e. The lowest BCUT2D eigenvalue weighted by molar-refractivity contribution is -0.0294. The van der Waals surface area contributed by atoms with Gasteiger partial charge in [-0.3, -0.25) is 0 Å². The Kier molecular flexibility index (Phi) is 5.98. The van der Waals surface area contributed by atoms with Crippen LogP contribution in [0, 0.1) is 0 Å². The van der Waals surface area contributed by atoms with Crippen molar-refractivity contribution >= 4 is 22.6 Å². The van der Waals surface area contributed by atoms with Crippen molar-refractivity contribution in [3.8, 4) is 11.4 Å². The van der Waals surface area contributed by atoms with Crippen LogP contribution < -0.4 is 5.32 Å². The Labute approximate surface area is 186 Å². The lowest BCUT2D eigenvalue weighted by Crippen LogP contribution is -2.33. The molecule has 2 aromatic heterocycles. The Morgan fingerprint density at radius 1 is 0.968 bits per heavy atom. The van der Waals surface area contributed by atoms with Crippen molar-refractivity contribution in [3.05, 3.63) is 83.1 Å². The quantitative estimate of drug-likeness (QED) is 0.404. The predicted molar refractivity (Wildman–Crippen MR) is 124 cm³/mol. The molecule has 1 saturated heterocycles. The summed E-state index contributed by atoms with van der Waals surface area (Å²) in [7, 11) is 0. The fraction of sp³-hybridized carbons (Fsp3) is 0.280. The van der Waals surface area contributed by atoms with E-state index < -0.39 is 0 Å². The molecule has 1 aliphatic rings. The Balaban J connectivity index is 1.50. The Morgan fingerprint density at radius 2 is 1.68 bits per heavy atom. The fourth-order valence-electron chi connectivity index (χ4n) is 4.11. The number of halogens is 1. The SMILES string of the molecule is Clc1nc(-c2ccccc2)nc2[nH]c(C(Cc3ccccc3)OC3CCNCC3)cc12. The van der Waals surface area contributed by atoms with E-state index in [1.54, 1.807) is 0 Å². The molecule has 1 unspecified atom stereocenters. The van der Waals surface area contributed by atoms with Gasteiger partial charge in [-0.2, -0.15) is 0 Å². The van der Waals surface area contributed by atoms with E-state index in [1.165, 1.54) is 5.56 Å². The summed E-state index contributed by atoms with van der Waals surface area (Å²) in [5.74, 6) is 0.616. The molecule has 0 aliphatic carbocycles. The van der Waals surface area contributed by atoms with E-state index >= 15 is 0 Å². The minimum absolute atomic E-state index is 0.101. The van der Waals surface area contributed by atoms with Crippen molar-refractivity contribution in [3.63, 3.8) is 0 Å². The molecule has 2 aromatic carbocycles. The first kappa shape index (κ1) is 20.2. The molecule has 1 atom stereocenters. The fourth-order valence-corrected chi connectivity index (χ4v) is 4.33. The molecule has 31 heavy (non-hydrogen) atoms. The van der Waals surface area contributed by atoms with Gasteiger partial charge in [0.2, 0.25) is 0 Å². The van der Waals surface area contributed by atoms with Gasteiger partial charge in [0.25, 0.3) is 0 Å². The van der Waals surface area contributed by atoms with Crippen LogP contribution in [0.3, 0.4) is 0 Å². The van der Waals surface area contributed by atoms with Gasteiger partial charge in [0.1, 0.15) is 16.9 Å². The summed E-state index contributed by atoms with van der Waals surface area (Å²) in [6.45, 7) is 1.99. The third-order valence-electron chi connectivity index (χ3n) is 5.75. The zero-order chi connectivity index (χ0) is 21.0. The second-order valence-electron chi connectivity index (χ2n) is 7.95. The van der Waals surface area contributed by atoms with Gasteiger partial charge >= 0.3 is 0 Å². The normalized spacial score (nSPS) is 15.9. The minimum Gasteiger partial charge on any atom is -0.368 e. The van der Waals surface area contributed by atoms with Crippen molar-refractivity contribution in [2.24, 2.45) is 0 Å². The summed E-state index contributed by atoms with van der Waals surface area (Å²) >= 11 is 6.56. The number of rotatable bonds is 6. The molecule has 3 heterocycles. The van der Waals surface area contributed by atoms with Crippen LogP contribution in [0.25, 0.3) is 22.4 Å². The minimum atomic E-state index is -0.101. The van der Waals surface area contributed by atoms with Crippen molar-refractivity contribution in [1.29, 1.82) is 0 Å². The molecule has 6 heteroatoms. The molecule has 0 radical (unpaired) electrons. The van der Waals surface area contributed by atoms with E-state index in [0.29, 0.717) is 11.0 Å². The van der Waals surface area contributed by atoms with E-state index in [9.17, 15) is 0 Å². The van der Waals surface area contributed by atoms with Crippen molar-refractivity contribution < 1.29 is 4.74 Å². The molecule has 0 spiro atoms. The summed E-state index contributed by atoms with van der Waals surface area (Å²) in [6, 6.07) is 22.4. The highest BCUT2D eigenvalue weighted by molar-refractivity contribution is 6.34. The third kappa shape index (κ3) is 4.64. The maximum atomic E-state index is 6.60. The van der Waals surface area contributed by atoms with Crippen LogP contribution in [0.4, 0.5) is 0 Å². The van der Waals surface area contributed by atoms with Crippen molar-refractivity contribution in [2.75, 3.05) is 13.1 Å². The predicted octanol–water partition coefficient (Wildman–Crippen LogP) is 5.33. The van der Waals surface area contributed by atoms with Crippen LogP contribution in [0.15, 0.2) is 66.7 Å². The largest absolute Gasteiger partial charge is 0.368 e. The van der Waals surface area contributed by atoms with Crippen molar-refractivity contribution in [2.45, 2.75) is 31.5 Å². The van der Waals surface area contributed by atoms with Gasteiger partial charge < -0.3 is 15.0 Å². The average Bonchev–Trinajstić information content (AvgIpc) is 3.26. The highest BCUT2D eigenvalue weighted by Gasteiger charge is 2.23. The lowest BCUT2D eigenvalue weighted by atomic mass is 10.0. The topological polar surface area (TPSA) is 62.8 Å². The monoisotopic (exact) mass is 432 g/mol. The van der Waals surface area contributed by atoms with Gasteiger partial charge in [-0.15, -0.1) is 0 Å². The third-order valence-corrected chi connectivity index (χ3v) is 6.04. The molecule has 4 aromatic rings. The van der Waals surface area contributed by atoms with Crippen LogP contribution in [-0.4, -0.2) is 34.1 Å². The number of aromatic nitrogens is 3. The van der Waals surface area contributed by atoms with Gasteiger partial charge in [0.15, 0.2) is 5.82 Å². The highest BCUT2D eigenvalue weighted by atomic mass is 35.5. The number of hydrogen-bond donors (Lipinski definition) is 2. The summed E-state index contributed by atoms with van der Waals surface area (Å²) in [5, 5.41) is 4.68. The van der Waals surface area contributed by atoms with E-state index in [2.05, 4.69) is 39.6 Å². The number of fused-ring (bicyclic) bond motifs is 1. The molecule has 0 saturated carbocycles. The number of nitrogens with zero attached hydrogens (tertiary/aromatic N) is 2. The van der Waals surface area contributed by atoms with E-state index in [4.69, 9.17) is 21.3 Å². The zero-order valence-electron chi connectivity index (χ0n) is 17.2. The summed E-state index contributed by atoms with van der Waals surface area (Å²) < 4.78 is 6.60. The molecule has 5 rings (SSSR count). The second kappa shape index (κ2) is 9.18. The van der Waals surface area contributed by atoms with Crippen LogP contribution in [-0.2, 0) is 11.2 Å². The zero-order valence-corrected chi connectivity index (χ0v) is 18.0. The lowest BCUT2D eigenvalue weighted by Gasteiger charge is -2.28. The first-order valence-electron chi connectivity index (χ1n) is 10.8. The van der Waals surface area contributed by atoms with Gasteiger partial charge in [-0.05, 0) is 37.6 Å².